The molecule has 0 aliphatic rings. The number of nitrogens with one attached hydrogen (secondary N) is 2. The second-order valence-corrected chi connectivity index (χ2v) is 6.17. The molecule has 0 fully saturated rings. The van der Waals surface area contributed by atoms with E-state index in [4.69, 9.17) is 4.74 Å². The first-order valence-electron chi connectivity index (χ1n) is 7.65. The van der Waals surface area contributed by atoms with Crippen LogP contribution in [0.4, 0.5) is 10.1 Å². The van der Waals surface area contributed by atoms with E-state index in [0.717, 1.165) is 11.1 Å². The fraction of sp³-hybridized carbons (Fsp3) is 0.211. The van der Waals surface area contributed by atoms with Gasteiger partial charge in [0.1, 0.15) is 11.6 Å². The summed E-state index contributed by atoms with van der Waals surface area (Å²) < 4.78 is 18.9. The molecule has 0 bridgehead atoms. The minimum atomic E-state index is -0.854. The first kappa shape index (κ1) is 16.1. The lowest BCUT2D eigenvalue weighted by atomic mass is 9.83. The quantitative estimate of drug-likeness (QED) is 0.754. The second-order valence-electron chi connectivity index (χ2n) is 6.17. The van der Waals surface area contributed by atoms with Crippen molar-refractivity contribution in [2.24, 2.45) is 0 Å². The molecule has 0 saturated heterocycles. The number of carbonyl (C=O) groups excluding carboxylic acids is 1. The van der Waals surface area contributed by atoms with Crippen molar-refractivity contribution < 1.29 is 13.9 Å². The molecule has 2 N–H and O–H groups in total. The number of hydrogen-bond acceptors (Lipinski definition) is 2. The molecule has 0 unspecified atom stereocenters. The lowest BCUT2D eigenvalue weighted by molar-refractivity contribution is -0.120. The van der Waals surface area contributed by atoms with E-state index >= 15 is 0 Å². The van der Waals surface area contributed by atoms with Gasteiger partial charge in [-0.25, -0.2) is 4.39 Å². The third-order valence-corrected chi connectivity index (χ3v) is 4.24. The molecular formula is C19H19FN2O2. The van der Waals surface area contributed by atoms with Crippen molar-refractivity contribution in [1.29, 1.82) is 0 Å². The van der Waals surface area contributed by atoms with Crippen LogP contribution in [0.5, 0.6) is 5.75 Å². The molecule has 5 heteroatoms. The van der Waals surface area contributed by atoms with Crippen LogP contribution in [0.1, 0.15) is 19.4 Å². The zero-order chi connectivity index (χ0) is 17.3. The van der Waals surface area contributed by atoms with Crippen molar-refractivity contribution in [2.75, 3.05) is 12.4 Å². The Labute approximate surface area is 139 Å². The van der Waals surface area contributed by atoms with Crippen molar-refractivity contribution in [2.45, 2.75) is 19.3 Å². The van der Waals surface area contributed by atoms with Gasteiger partial charge in [0.15, 0.2) is 0 Å². The summed E-state index contributed by atoms with van der Waals surface area (Å²) in [7, 11) is 1.55. The molecule has 124 valence electrons. The Balaban J connectivity index is 1.96. The van der Waals surface area contributed by atoms with Crippen LogP contribution in [0.25, 0.3) is 10.9 Å². The number of rotatable bonds is 4. The van der Waals surface area contributed by atoms with Crippen LogP contribution in [0, 0.1) is 5.82 Å². The minimum Gasteiger partial charge on any atom is -0.495 e. The molecule has 0 saturated carbocycles. The van der Waals surface area contributed by atoms with Gasteiger partial charge in [-0.3, -0.25) is 4.79 Å². The van der Waals surface area contributed by atoms with Gasteiger partial charge in [0.05, 0.1) is 18.2 Å². The monoisotopic (exact) mass is 326 g/mol. The van der Waals surface area contributed by atoms with E-state index < -0.39 is 5.41 Å². The summed E-state index contributed by atoms with van der Waals surface area (Å²) in [5.41, 5.74) is 1.28. The number of methoxy groups -OCH3 is 1. The Morgan fingerprint density at radius 2 is 1.96 bits per heavy atom. The van der Waals surface area contributed by atoms with Crippen molar-refractivity contribution in [3.63, 3.8) is 0 Å². The Bertz CT molecular complexity index is 899. The van der Waals surface area contributed by atoms with E-state index in [2.05, 4.69) is 10.3 Å². The van der Waals surface area contributed by atoms with E-state index in [9.17, 15) is 9.18 Å². The maximum Gasteiger partial charge on any atom is 0.234 e. The number of carbonyl (C=O) groups is 1. The highest BCUT2D eigenvalue weighted by Crippen LogP contribution is 2.33. The van der Waals surface area contributed by atoms with E-state index in [0.29, 0.717) is 16.8 Å². The van der Waals surface area contributed by atoms with Gasteiger partial charge >= 0.3 is 0 Å². The predicted molar refractivity (Wildman–Crippen MR) is 92.9 cm³/mol. The van der Waals surface area contributed by atoms with Gasteiger partial charge in [0.2, 0.25) is 5.91 Å². The van der Waals surface area contributed by atoms with Gasteiger partial charge in [-0.15, -0.1) is 0 Å². The first-order valence-corrected chi connectivity index (χ1v) is 7.65. The molecule has 3 rings (SSSR count). The highest BCUT2D eigenvalue weighted by atomic mass is 19.1. The highest BCUT2D eigenvalue weighted by Gasteiger charge is 2.32. The van der Waals surface area contributed by atoms with Gasteiger partial charge in [-0.1, -0.05) is 12.1 Å². The number of aromatic amines is 1. The number of amides is 1. The van der Waals surface area contributed by atoms with E-state index in [1.165, 1.54) is 12.1 Å². The zero-order valence-electron chi connectivity index (χ0n) is 13.8. The number of hydrogen-bond donors (Lipinski definition) is 2. The van der Waals surface area contributed by atoms with Crippen LogP contribution in [0.15, 0.2) is 48.7 Å². The third-order valence-electron chi connectivity index (χ3n) is 4.24. The van der Waals surface area contributed by atoms with E-state index in [1.54, 1.807) is 31.5 Å². The summed E-state index contributed by atoms with van der Waals surface area (Å²) in [6, 6.07) is 11.7. The summed E-state index contributed by atoms with van der Waals surface area (Å²) in [5.74, 6) is 0.0630. The maximum absolute atomic E-state index is 13.6. The lowest BCUT2D eigenvalue weighted by Crippen LogP contribution is -2.34. The molecule has 24 heavy (non-hydrogen) atoms. The number of aromatic nitrogens is 1. The summed E-state index contributed by atoms with van der Waals surface area (Å²) >= 11 is 0. The fourth-order valence-electron chi connectivity index (χ4n) is 2.76. The number of ether oxygens (including phenoxy) is 1. The molecule has 1 heterocycles. The third kappa shape index (κ3) is 2.73. The Hall–Kier alpha value is -2.82. The summed E-state index contributed by atoms with van der Waals surface area (Å²) in [4.78, 5) is 15.9. The van der Waals surface area contributed by atoms with Crippen LogP contribution < -0.4 is 10.1 Å². The van der Waals surface area contributed by atoms with Gasteiger partial charge in [-0.05, 0) is 49.7 Å². The number of anilines is 1. The number of halogens is 1. The zero-order valence-corrected chi connectivity index (χ0v) is 13.8. The van der Waals surface area contributed by atoms with E-state index in [1.807, 2.05) is 26.0 Å². The number of benzene rings is 2. The first-order chi connectivity index (χ1) is 11.4. The summed E-state index contributed by atoms with van der Waals surface area (Å²) in [5, 5.41) is 3.60. The highest BCUT2D eigenvalue weighted by molar-refractivity contribution is 6.02. The Morgan fingerprint density at radius 1 is 1.21 bits per heavy atom. The topological polar surface area (TPSA) is 54.1 Å². The van der Waals surface area contributed by atoms with Gasteiger partial charge in [-0.2, -0.15) is 0 Å². The van der Waals surface area contributed by atoms with Crippen molar-refractivity contribution >= 4 is 22.5 Å². The molecule has 3 aromatic rings. The van der Waals surface area contributed by atoms with Gasteiger partial charge < -0.3 is 15.0 Å². The van der Waals surface area contributed by atoms with Crippen LogP contribution >= 0.6 is 0 Å². The summed E-state index contributed by atoms with van der Waals surface area (Å²) in [6.07, 6.45) is 1.76. The van der Waals surface area contributed by atoms with Crippen molar-refractivity contribution in [3.05, 3.63) is 60.0 Å². The SMILES string of the molecule is COc1ccccc1NC(=O)C(C)(C)c1c[nH]c2ccc(F)cc12. The molecule has 1 aromatic heterocycles. The molecular weight excluding hydrogens is 307 g/mol. The standard InChI is InChI=1S/C19H19FN2O2/c1-19(2,14-11-21-15-9-8-12(20)10-13(14)15)18(23)22-16-6-4-5-7-17(16)24-3/h4-11,21H,1-3H3,(H,22,23). The Morgan fingerprint density at radius 3 is 2.71 bits per heavy atom. The van der Waals surface area contributed by atoms with Crippen LogP contribution in [-0.4, -0.2) is 18.0 Å². The number of fused-ring (bicyclic) bond motifs is 1. The van der Waals surface area contributed by atoms with Gasteiger partial charge in [0, 0.05) is 17.1 Å². The van der Waals surface area contributed by atoms with Crippen molar-refractivity contribution in [3.8, 4) is 5.75 Å². The molecule has 1 amide bonds. The maximum atomic E-state index is 13.6. The van der Waals surface area contributed by atoms with Crippen LogP contribution in [0.2, 0.25) is 0 Å². The largest absolute Gasteiger partial charge is 0.495 e. The normalized spacial score (nSPS) is 11.5. The molecule has 0 aliphatic carbocycles. The molecule has 0 spiro atoms. The number of H-pyrrole nitrogens is 1. The van der Waals surface area contributed by atoms with E-state index in [-0.39, 0.29) is 11.7 Å². The average Bonchev–Trinajstić information content (AvgIpc) is 2.99. The Kier molecular flexibility index (Phi) is 4.01. The molecule has 2 aromatic carbocycles. The fourth-order valence-corrected chi connectivity index (χ4v) is 2.76. The molecule has 0 radical (unpaired) electrons. The molecule has 4 nitrogen and oxygen atoms in total. The summed E-state index contributed by atoms with van der Waals surface area (Å²) in [6.45, 7) is 3.62. The van der Waals surface area contributed by atoms with Crippen LogP contribution in [0.3, 0.4) is 0 Å². The molecule has 0 aliphatic heterocycles. The molecule has 0 atom stereocenters. The second kappa shape index (κ2) is 6.00. The van der Waals surface area contributed by atoms with Crippen molar-refractivity contribution in [1.82, 2.24) is 4.98 Å². The smallest absolute Gasteiger partial charge is 0.234 e. The van der Waals surface area contributed by atoms with Gasteiger partial charge in [0.25, 0.3) is 0 Å². The average molecular weight is 326 g/mol. The van der Waals surface area contributed by atoms with Crippen LogP contribution in [-0.2, 0) is 10.2 Å². The lowest BCUT2D eigenvalue weighted by Gasteiger charge is -2.24. The predicted octanol–water partition coefficient (Wildman–Crippen LogP) is 4.23. The number of para-hydroxylation sites is 2. The minimum absolute atomic E-state index is 0.197.